The summed E-state index contributed by atoms with van der Waals surface area (Å²) in [4.78, 5) is 30.9. The molecule has 0 bridgehead atoms. The fourth-order valence-electron chi connectivity index (χ4n) is 4.93. The van der Waals surface area contributed by atoms with Gasteiger partial charge in [-0.25, -0.2) is 0 Å². The number of carbonyl (C=O) groups is 2. The number of hydrogen-bond acceptors (Lipinski definition) is 5. The molecule has 0 aliphatic heterocycles. The summed E-state index contributed by atoms with van der Waals surface area (Å²) in [7, 11) is 3.22. The van der Waals surface area contributed by atoms with Crippen molar-refractivity contribution < 1.29 is 23.5 Å². The lowest BCUT2D eigenvalue weighted by molar-refractivity contribution is -0.133. The first kappa shape index (κ1) is 26.3. The van der Waals surface area contributed by atoms with Crippen molar-refractivity contribution in [1.29, 1.82) is 0 Å². The number of benzene rings is 2. The first-order chi connectivity index (χ1) is 18.1. The molecule has 7 nitrogen and oxygen atoms in total. The maximum absolute atomic E-state index is 13.7. The van der Waals surface area contributed by atoms with Gasteiger partial charge in [-0.2, -0.15) is 0 Å². The highest BCUT2D eigenvalue weighted by atomic mass is 16.5. The topological polar surface area (TPSA) is 72.2 Å². The fraction of sp³-hybridized carbons (Fsp3) is 0.400. The van der Waals surface area contributed by atoms with Gasteiger partial charge in [0, 0.05) is 18.2 Å². The molecular formula is C30H36N2O5. The summed E-state index contributed by atoms with van der Waals surface area (Å²) in [5, 5.41) is 0. The molecule has 1 aliphatic rings. The van der Waals surface area contributed by atoms with Crippen LogP contribution >= 0.6 is 0 Å². The average molecular weight is 505 g/mol. The zero-order valence-electron chi connectivity index (χ0n) is 21.7. The molecule has 196 valence electrons. The van der Waals surface area contributed by atoms with Gasteiger partial charge < -0.3 is 23.7 Å². The lowest BCUT2D eigenvalue weighted by atomic mass is 9.93. The standard InChI is InChI=1S/C30H36N2O5/c1-35-27-16-15-23(20-28(27)36-2)17-18-31(21-26-14-9-19-37-26)29(33)22-32(25-12-7-4-8-13-25)30(34)24-10-5-3-6-11-24/h3,5-6,9-11,14-16,19-20,25H,4,7-8,12-13,17-18,21-22H2,1-2H3. The molecule has 1 saturated carbocycles. The van der Waals surface area contributed by atoms with Crippen molar-refractivity contribution in [3.05, 3.63) is 83.8 Å². The third kappa shape index (κ3) is 6.94. The second-order valence-corrected chi connectivity index (χ2v) is 9.42. The van der Waals surface area contributed by atoms with Crippen LogP contribution in [0.3, 0.4) is 0 Å². The van der Waals surface area contributed by atoms with Gasteiger partial charge in [0.2, 0.25) is 5.91 Å². The van der Waals surface area contributed by atoms with E-state index in [4.69, 9.17) is 13.9 Å². The molecule has 0 radical (unpaired) electrons. The number of methoxy groups -OCH3 is 2. The molecule has 0 unspecified atom stereocenters. The molecule has 7 heteroatoms. The third-order valence-corrected chi connectivity index (χ3v) is 7.00. The van der Waals surface area contributed by atoms with Crippen LogP contribution in [0.25, 0.3) is 0 Å². The van der Waals surface area contributed by atoms with E-state index in [-0.39, 0.29) is 24.4 Å². The van der Waals surface area contributed by atoms with Crippen molar-refractivity contribution in [2.24, 2.45) is 0 Å². The SMILES string of the molecule is COc1ccc(CCN(Cc2ccco2)C(=O)CN(C(=O)c2ccccc2)C2CCCCC2)cc1OC. The minimum Gasteiger partial charge on any atom is -0.493 e. The number of carbonyl (C=O) groups excluding carboxylic acids is 2. The van der Waals surface area contributed by atoms with Gasteiger partial charge >= 0.3 is 0 Å². The zero-order valence-corrected chi connectivity index (χ0v) is 21.7. The average Bonchev–Trinajstić information content (AvgIpc) is 3.47. The first-order valence-electron chi connectivity index (χ1n) is 13.0. The van der Waals surface area contributed by atoms with Crippen LogP contribution < -0.4 is 9.47 Å². The molecule has 1 heterocycles. The summed E-state index contributed by atoms with van der Waals surface area (Å²) in [5.74, 6) is 1.85. The predicted molar refractivity (Wildman–Crippen MR) is 142 cm³/mol. The minimum atomic E-state index is -0.0910. The van der Waals surface area contributed by atoms with Crippen molar-refractivity contribution >= 4 is 11.8 Å². The summed E-state index contributed by atoms with van der Waals surface area (Å²) in [6.45, 7) is 0.870. The number of furan rings is 1. The van der Waals surface area contributed by atoms with Crippen LogP contribution in [0, 0.1) is 0 Å². The first-order valence-corrected chi connectivity index (χ1v) is 13.0. The van der Waals surface area contributed by atoms with E-state index in [1.807, 2.05) is 60.7 Å². The van der Waals surface area contributed by atoms with Crippen LogP contribution in [0.15, 0.2) is 71.3 Å². The number of ether oxygens (including phenoxy) is 2. The van der Waals surface area contributed by atoms with Gasteiger partial charge in [0.25, 0.3) is 5.91 Å². The molecule has 0 N–H and O–H groups in total. The Morgan fingerprint density at radius 2 is 1.68 bits per heavy atom. The largest absolute Gasteiger partial charge is 0.493 e. The zero-order chi connectivity index (χ0) is 26.0. The van der Waals surface area contributed by atoms with Gasteiger partial charge in [0.15, 0.2) is 11.5 Å². The van der Waals surface area contributed by atoms with E-state index in [1.54, 1.807) is 30.3 Å². The van der Waals surface area contributed by atoms with Gasteiger partial charge in [-0.3, -0.25) is 9.59 Å². The lowest BCUT2D eigenvalue weighted by Gasteiger charge is -2.35. The molecule has 0 saturated heterocycles. The van der Waals surface area contributed by atoms with Crippen molar-refractivity contribution in [2.75, 3.05) is 27.3 Å². The monoisotopic (exact) mass is 504 g/mol. The summed E-state index contributed by atoms with van der Waals surface area (Å²) >= 11 is 0. The molecule has 3 aromatic rings. The van der Waals surface area contributed by atoms with Gasteiger partial charge in [0.05, 0.1) is 27.0 Å². The molecule has 0 spiro atoms. The predicted octanol–water partition coefficient (Wildman–Crippen LogP) is 5.34. The summed E-state index contributed by atoms with van der Waals surface area (Å²) in [5.41, 5.74) is 1.64. The number of nitrogens with zero attached hydrogens (tertiary/aromatic N) is 2. The molecule has 37 heavy (non-hydrogen) atoms. The Kier molecular flexibility index (Phi) is 9.24. The highest BCUT2D eigenvalue weighted by molar-refractivity contribution is 5.96. The summed E-state index contributed by atoms with van der Waals surface area (Å²) < 4.78 is 16.3. The Labute approximate surface area is 219 Å². The van der Waals surface area contributed by atoms with Crippen LogP contribution in [0.5, 0.6) is 11.5 Å². The Morgan fingerprint density at radius 3 is 2.35 bits per heavy atom. The van der Waals surface area contributed by atoms with Crippen molar-refractivity contribution in [3.8, 4) is 11.5 Å². The second-order valence-electron chi connectivity index (χ2n) is 9.42. The smallest absolute Gasteiger partial charge is 0.254 e. The molecule has 0 atom stereocenters. The molecule has 1 aromatic heterocycles. The Hall–Kier alpha value is -3.74. The lowest BCUT2D eigenvalue weighted by Crippen LogP contribution is -2.48. The highest BCUT2D eigenvalue weighted by Gasteiger charge is 2.30. The number of amides is 2. The quantitative estimate of drug-likeness (QED) is 0.352. The third-order valence-electron chi connectivity index (χ3n) is 7.00. The second kappa shape index (κ2) is 13.0. The van der Waals surface area contributed by atoms with Crippen LogP contribution in [0.4, 0.5) is 0 Å². The summed E-state index contributed by atoms with van der Waals surface area (Å²) in [6.07, 6.45) is 7.42. The van der Waals surface area contributed by atoms with E-state index in [2.05, 4.69) is 0 Å². The Morgan fingerprint density at radius 1 is 0.919 bits per heavy atom. The molecular weight excluding hydrogens is 468 g/mol. The number of rotatable bonds is 11. The van der Waals surface area contributed by atoms with Crippen molar-refractivity contribution in [1.82, 2.24) is 9.80 Å². The maximum atomic E-state index is 13.7. The van der Waals surface area contributed by atoms with E-state index in [0.29, 0.717) is 42.3 Å². The molecule has 2 amide bonds. The maximum Gasteiger partial charge on any atom is 0.254 e. The Bertz CT molecular complexity index is 1140. The van der Waals surface area contributed by atoms with Crippen molar-refractivity contribution in [3.63, 3.8) is 0 Å². The molecule has 1 aliphatic carbocycles. The molecule has 1 fully saturated rings. The molecule has 4 rings (SSSR count). The van der Waals surface area contributed by atoms with E-state index >= 15 is 0 Å². The van der Waals surface area contributed by atoms with E-state index in [9.17, 15) is 9.59 Å². The minimum absolute atomic E-state index is 0.0467. The van der Waals surface area contributed by atoms with Crippen molar-refractivity contribution in [2.45, 2.75) is 51.1 Å². The van der Waals surface area contributed by atoms with Gasteiger partial charge in [-0.15, -0.1) is 0 Å². The van der Waals surface area contributed by atoms with Crippen LogP contribution in [0.2, 0.25) is 0 Å². The van der Waals surface area contributed by atoms with Crippen LogP contribution in [-0.4, -0.2) is 55.0 Å². The summed E-state index contributed by atoms with van der Waals surface area (Å²) in [6, 6.07) is 18.8. The molecule has 2 aromatic carbocycles. The van der Waals surface area contributed by atoms with E-state index in [1.165, 1.54) is 6.42 Å². The Balaban J connectivity index is 1.53. The van der Waals surface area contributed by atoms with E-state index < -0.39 is 0 Å². The number of hydrogen-bond donors (Lipinski definition) is 0. The normalized spacial score (nSPS) is 13.7. The van der Waals surface area contributed by atoms with Gasteiger partial charge in [-0.1, -0.05) is 43.5 Å². The van der Waals surface area contributed by atoms with Gasteiger partial charge in [0.1, 0.15) is 12.3 Å². The highest BCUT2D eigenvalue weighted by Crippen LogP contribution is 2.28. The van der Waals surface area contributed by atoms with Crippen LogP contribution in [0.1, 0.15) is 53.8 Å². The fourth-order valence-corrected chi connectivity index (χ4v) is 4.93. The van der Waals surface area contributed by atoms with Crippen LogP contribution in [-0.2, 0) is 17.8 Å². The van der Waals surface area contributed by atoms with Gasteiger partial charge in [-0.05, 0) is 61.2 Å². The van der Waals surface area contributed by atoms with E-state index in [0.717, 1.165) is 31.2 Å².